The van der Waals surface area contributed by atoms with Crippen molar-refractivity contribution in [1.29, 1.82) is 0 Å². The van der Waals surface area contributed by atoms with Crippen molar-refractivity contribution in [2.75, 3.05) is 0 Å². The van der Waals surface area contributed by atoms with E-state index in [1.54, 1.807) is 35.2 Å². The summed E-state index contributed by atoms with van der Waals surface area (Å²) >= 11 is 7.39. The van der Waals surface area contributed by atoms with Gasteiger partial charge in [0, 0.05) is 15.5 Å². The zero-order valence-electron chi connectivity index (χ0n) is 13.9. The SMILES string of the molecule is Cc1sc2ncn(Cc3ccc(Cl)cc3)c(=O)c2c1-c1ccc(F)cc1. The van der Waals surface area contributed by atoms with E-state index in [0.29, 0.717) is 21.8 Å². The maximum absolute atomic E-state index is 13.3. The molecule has 0 radical (unpaired) electrons. The van der Waals surface area contributed by atoms with E-state index in [-0.39, 0.29) is 11.4 Å². The van der Waals surface area contributed by atoms with Crippen molar-refractivity contribution in [3.63, 3.8) is 0 Å². The van der Waals surface area contributed by atoms with Crippen LogP contribution in [0.15, 0.2) is 59.7 Å². The lowest BCUT2D eigenvalue weighted by molar-refractivity contribution is 0.628. The zero-order chi connectivity index (χ0) is 18.3. The molecule has 0 aliphatic carbocycles. The van der Waals surface area contributed by atoms with E-state index in [1.807, 2.05) is 19.1 Å². The van der Waals surface area contributed by atoms with Gasteiger partial charge in [0.05, 0.1) is 18.3 Å². The quantitative estimate of drug-likeness (QED) is 0.482. The summed E-state index contributed by atoms with van der Waals surface area (Å²) in [5, 5.41) is 1.23. The van der Waals surface area contributed by atoms with E-state index in [2.05, 4.69) is 4.98 Å². The average molecular weight is 385 g/mol. The van der Waals surface area contributed by atoms with Crippen LogP contribution in [0.25, 0.3) is 21.3 Å². The Balaban J connectivity index is 1.86. The molecule has 6 heteroatoms. The van der Waals surface area contributed by atoms with E-state index in [4.69, 9.17) is 11.6 Å². The first kappa shape index (κ1) is 16.9. The van der Waals surface area contributed by atoms with Crippen molar-refractivity contribution in [3.05, 3.63) is 86.5 Å². The first-order valence-corrected chi connectivity index (χ1v) is 9.21. The Kier molecular flexibility index (Phi) is 4.34. The van der Waals surface area contributed by atoms with Gasteiger partial charge in [-0.1, -0.05) is 35.9 Å². The van der Waals surface area contributed by atoms with Gasteiger partial charge in [0.2, 0.25) is 0 Å². The molecule has 0 fully saturated rings. The predicted molar refractivity (Wildman–Crippen MR) is 105 cm³/mol. The lowest BCUT2D eigenvalue weighted by Gasteiger charge is -2.07. The van der Waals surface area contributed by atoms with Crippen LogP contribution in [0.1, 0.15) is 10.4 Å². The summed E-state index contributed by atoms with van der Waals surface area (Å²) in [5.74, 6) is -0.302. The smallest absolute Gasteiger partial charge is 0.263 e. The molecule has 2 aromatic carbocycles. The van der Waals surface area contributed by atoms with E-state index in [0.717, 1.165) is 21.6 Å². The Hall–Kier alpha value is -2.50. The third kappa shape index (κ3) is 3.04. The Morgan fingerprint density at radius 2 is 1.81 bits per heavy atom. The number of halogens is 2. The second-order valence-corrected chi connectivity index (χ2v) is 7.66. The minimum Gasteiger partial charge on any atom is -0.294 e. The Morgan fingerprint density at radius 3 is 2.50 bits per heavy atom. The molecular weight excluding hydrogens is 371 g/mol. The van der Waals surface area contributed by atoms with Crippen LogP contribution in [0.3, 0.4) is 0 Å². The first-order chi connectivity index (χ1) is 12.5. The van der Waals surface area contributed by atoms with Gasteiger partial charge in [0.25, 0.3) is 5.56 Å². The third-order valence-corrected chi connectivity index (χ3v) is 5.52. The summed E-state index contributed by atoms with van der Waals surface area (Å²) < 4.78 is 14.9. The summed E-state index contributed by atoms with van der Waals surface area (Å²) in [4.78, 5) is 19.2. The van der Waals surface area contributed by atoms with Crippen LogP contribution in [0.4, 0.5) is 4.39 Å². The summed E-state index contributed by atoms with van der Waals surface area (Å²) in [5.41, 5.74) is 2.51. The topological polar surface area (TPSA) is 34.9 Å². The molecular formula is C20H14ClFN2OS. The Bertz CT molecular complexity index is 1150. The zero-order valence-corrected chi connectivity index (χ0v) is 15.4. The van der Waals surface area contributed by atoms with Crippen LogP contribution in [-0.2, 0) is 6.54 Å². The van der Waals surface area contributed by atoms with Gasteiger partial charge in [-0.3, -0.25) is 9.36 Å². The van der Waals surface area contributed by atoms with Crippen molar-refractivity contribution >= 4 is 33.2 Å². The van der Waals surface area contributed by atoms with E-state index >= 15 is 0 Å². The molecule has 0 aliphatic rings. The van der Waals surface area contributed by atoms with Crippen LogP contribution in [0.5, 0.6) is 0 Å². The van der Waals surface area contributed by atoms with Crippen molar-refractivity contribution in [2.24, 2.45) is 0 Å². The van der Waals surface area contributed by atoms with Gasteiger partial charge >= 0.3 is 0 Å². The molecule has 3 nitrogen and oxygen atoms in total. The molecule has 4 aromatic rings. The Labute approximate surface area is 158 Å². The molecule has 0 amide bonds. The first-order valence-electron chi connectivity index (χ1n) is 8.02. The third-order valence-electron chi connectivity index (χ3n) is 4.25. The van der Waals surface area contributed by atoms with Gasteiger partial charge in [-0.15, -0.1) is 11.3 Å². The fourth-order valence-corrected chi connectivity index (χ4v) is 4.13. The van der Waals surface area contributed by atoms with Crippen molar-refractivity contribution in [1.82, 2.24) is 9.55 Å². The monoisotopic (exact) mass is 384 g/mol. The molecule has 0 bridgehead atoms. The molecule has 0 unspecified atom stereocenters. The maximum atomic E-state index is 13.3. The van der Waals surface area contributed by atoms with Crippen molar-refractivity contribution < 1.29 is 4.39 Å². The van der Waals surface area contributed by atoms with Crippen LogP contribution in [0.2, 0.25) is 5.02 Å². The average Bonchev–Trinajstić information content (AvgIpc) is 2.97. The second-order valence-electron chi connectivity index (χ2n) is 6.02. The summed E-state index contributed by atoms with van der Waals surface area (Å²) in [7, 11) is 0. The van der Waals surface area contributed by atoms with Gasteiger partial charge in [0.1, 0.15) is 10.6 Å². The second kappa shape index (κ2) is 6.67. The number of aromatic nitrogens is 2. The molecule has 26 heavy (non-hydrogen) atoms. The lowest BCUT2D eigenvalue weighted by Crippen LogP contribution is -2.21. The molecule has 0 N–H and O–H groups in total. The maximum Gasteiger partial charge on any atom is 0.263 e. The number of thiophene rings is 1. The highest BCUT2D eigenvalue weighted by atomic mass is 35.5. The highest BCUT2D eigenvalue weighted by molar-refractivity contribution is 7.19. The van der Waals surface area contributed by atoms with Crippen LogP contribution < -0.4 is 5.56 Å². The summed E-state index contributed by atoms with van der Waals surface area (Å²) in [6.45, 7) is 2.37. The Morgan fingerprint density at radius 1 is 1.12 bits per heavy atom. The van der Waals surface area contributed by atoms with E-state index in [1.165, 1.54) is 23.5 Å². The number of aryl methyl sites for hydroxylation is 1. The molecule has 4 rings (SSSR count). The number of rotatable bonds is 3. The minimum absolute atomic E-state index is 0.103. The molecule has 0 saturated heterocycles. The summed E-state index contributed by atoms with van der Waals surface area (Å²) in [6, 6.07) is 13.6. The summed E-state index contributed by atoms with van der Waals surface area (Å²) in [6.07, 6.45) is 1.57. The van der Waals surface area contributed by atoms with Gasteiger partial charge < -0.3 is 0 Å². The van der Waals surface area contributed by atoms with E-state index < -0.39 is 0 Å². The number of hydrogen-bond acceptors (Lipinski definition) is 3. The minimum atomic E-state index is -0.302. The fraction of sp³-hybridized carbons (Fsp3) is 0.100. The lowest BCUT2D eigenvalue weighted by atomic mass is 10.0. The normalized spacial score (nSPS) is 11.2. The molecule has 2 aromatic heterocycles. The van der Waals surface area contributed by atoms with Gasteiger partial charge in [-0.2, -0.15) is 0 Å². The van der Waals surface area contributed by atoms with E-state index in [9.17, 15) is 9.18 Å². The molecule has 0 aliphatic heterocycles. The number of hydrogen-bond donors (Lipinski definition) is 0. The van der Waals surface area contributed by atoms with Gasteiger partial charge in [-0.05, 0) is 42.3 Å². The predicted octanol–water partition coefficient (Wildman–Crippen LogP) is 5.27. The van der Waals surface area contributed by atoms with Crippen LogP contribution in [0, 0.1) is 12.7 Å². The highest BCUT2D eigenvalue weighted by Crippen LogP contribution is 2.35. The highest BCUT2D eigenvalue weighted by Gasteiger charge is 2.17. The van der Waals surface area contributed by atoms with Gasteiger partial charge in [-0.25, -0.2) is 9.37 Å². The molecule has 0 spiro atoms. The van der Waals surface area contributed by atoms with Gasteiger partial charge in [0.15, 0.2) is 0 Å². The van der Waals surface area contributed by atoms with Crippen molar-refractivity contribution in [3.8, 4) is 11.1 Å². The van der Waals surface area contributed by atoms with Crippen molar-refractivity contribution in [2.45, 2.75) is 13.5 Å². The molecule has 0 saturated carbocycles. The number of fused-ring (bicyclic) bond motifs is 1. The molecule has 2 heterocycles. The van der Waals surface area contributed by atoms with Crippen LogP contribution in [-0.4, -0.2) is 9.55 Å². The fourth-order valence-electron chi connectivity index (χ4n) is 3.00. The standard InChI is InChI=1S/C20H14ClFN2OS/c1-12-17(14-4-8-16(22)9-5-14)18-19(26-12)23-11-24(20(18)25)10-13-2-6-15(21)7-3-13/h2-9,11H,10H2,1H3. The largest absolute Gasteiger partial charge is 0.294 e. The van der Waals surface area contributed by atoms with Crippen LogP contribution >= 0.6 is 22.9 Å². The number of benzene rings is 2. The molecule has 130 valence electrons. The molecule has 0 atom stereocenters. The number of nitrogens with zero attached hydrogens (tertiary/aromatic N) is 2.